The zero-order valence-corrected chi connectivity index (χ0v) is 13.0. The molecule has 23 heavy (non-hydrogen) atoms. The molecule has 1 aliphatic rings. The first kappa shape index (κ1) is 15.1. The van der Waals surface area contributed by atoms with E-state index >= 15 is 0 Å². The number of benzene rings is 2. The van der Waals surface area contributed by atoms with Gasteiger partial charge in [-0.3, -0.25) is 0 Å². The maximum atomic E-state index is 11.9. The molecule has 5 heteroatoms. The fourth-order valence-corrected chi connectivity index (χ4v) is 2.56. The van der Waals surface area contributed by atoms with Crippen LogP contribution in [0.1, 0.15) is 34.0 Å². The Kier molecular flexibility index (Phi) is 4.28. The predicted octanol–water partition coefficient (Wildman–Crippen LogP) is 3.35. The van der Waals surface area contributed by atoms with E-state index in [1.165, 1.54) is 7.11 Å². The van der Waals surface area contributed by atoms with Crippen LogP contribution >= 0.6 is 0 Å². The fraction of sp³-hybridized carbons (Fsp3) is 0.222. The molecule has 0 N–H and O–H groups in total. The molecule has 1 aliphatic heterocycles. The summed E-state index contributed by atoms with van der Waals surface area (Å²) in [6.45, 7) is 0. The van der Waals surface area contributed by atoms with Gasteiger partial charge in [0.25, 0.3) is 0 Å². The second-order valence-corrected chi connectivity index (χ2v) is 5.15. The van der Waals surface area contributed by atoms with Crippen molar-refractivity contribution < 1.29 is 19.1 Å². The maximum Gasteiger partial charge on any atom is 0.338 e. The van der Waals surface area contributed by atoms with Gasteiger partial charge < -0.3 is 14.3 Å². The summed E-state index contributed by atoms with van der Waals surface area (Å²) in [4.78, 5) is 17.4. The molecule has 1 heterocycles. The Balaban J connectivity index is 1.81. The standard InChI is InChI=1S/C18H17NO4/c1-21-13-9-7-12(8-10-13)17-11-16(19-23-17)14-5-3-4-6-15(14)18(20)22-2/h3-10,17H,11H2,1-2H3. The Hall–Kier alpha value is -2.82. The van der Waals surface area contributed by atoms with Gasteiger partial charge in [-0.05, 0) is 23.8 Å². The smallest absolute Gasteiger partial charge is 0.338 e. The summed E-state index contributed by atoms with van der Waals surface area (Å²) in [6.07, 6.45) is 0.432. The number of methoxy groups -OCH3 is 2. The molecule has 0 aliphatic carbocycles. The van der Waals surface area contributed by atoms with E-state index in [1.54, 1.807) is 19.2 Å². The zero-order chi connectivity index (χ0) is 16.2. The third-order valence-corrected chi connectivity index (χ3v) is 3.80. The van der Waals surface area contributed by atoms with Gasteiger partial charge in [0.15, 0.2) is 6.10 Å². The highest BCUT2D eigenvalue weighted by Crippen LogP contribution is 2.31. The molecule has 0 saturated heterocycles. The van der Waals surface area contributed by atoms with Crippen LogP contribution in [0.4, 0.5) is 0 Å². The van der Waals surface area contributed by atoms with Crippen LogP contribution in [0.15, 0.2) is 53.7 Å². The van der Waals surface area contributed by atoms with E-state index in [4.69, 9.17) is 14.3 Å². The largest absolute Gasteiger partial charge is 0.497 e. The van der Waals surface area contributed by atoms with E-state index in [-0.39, 0.29) is 12.1 Å². The molecule has 2 aromatic carbocycles. The van der Waals surface area contributed by atoms with Gasteiger partial charge in [0.2, 0.25) is 0 Å². The number of esters is 1. The van der Waals surface area contributed by atoms with Crippen LogP contribution in [0.5, 0.6) is 5.75 Å². The topological polar surface area (TPSA) is 57.1 Å². The molecule has 2 aromatic rings. The lowest BCUT2D eigenvalue weighted by molar-refractivity contribution is 0.0600. The molecule has 1 atom stereocenters. The Bertz CT molecular complexity index is 737. The van der Waals surface area contributed by atoms with Crippen LogP contribution in [0, 0.1) is 0 Å². The zero-order valence-electron chi connectivity index (χ0n) is 13.0. The van der Waals surface area contributed by atoms with Gasteiger partial charge in [-0.1, -0.05) is 35.5 Å². The van der Waals surface area contributed by atoms with Crippen LogP contribution in [-0.2, 0) is 9.57 Å². The van der Waals surface area contributed by atoms with E-state index in [0.29, 0.717) is 12.0 Å². The highest BCUT2D eigenvalue weighted by Gasteiger charge is 2.26. The lowest BCUT2D eigenvalue weighted by Crippen LogP contribution is -2.10. The van der Waals surface area contributed by atoms with Gasteiger partial charge in [-0.25, -0.2) is 4.79 Å². The Labute approximate surface area is 134 Å². The highest BCUT2D eigenvalue weighted by atomic mass is 16.6. The predicted molar refractivity (Wildman–Crippen MR) is 85.8 cm³/mol. The quantitative estimate of drug-likeness (QED) is 0.813. The van der Waals surface area contributed by atoms with Gasteiger partial charge in [-0.2, -0.15) is 0 Å². The molecule has 1 unspecified atom stereocenters. The first-order chi connectivity index (χ1) is 11.2. The van der Waals surface area contributed by atoms with Gasteiger partial charge in [0, 0.05) is 12.0 Å². The number of carbonyl (C=O) groups excluding carboxylic acids is 1. The summed E-state index contributed by atoms with van der Waals surface area (Å²) in [7, 11) is 3.00. The van der Waals surface area contributed by atoms with E-state index < -0.39 is 0 Å². The summed E-state index contributed by atoms with van der Waals surface area (Å²) in [6, 6.07) is 14.9. The third-order valence-electron chi connectivity index (χ3n) is 3.80. The molecule has 0 spiro atoms. The molecule has 0 fully saturated rings. The molecule has 0 amide bonds. The average molecular weight is 311 g/mol. The van der Waals surface area contributed by atoms with Crippen molar-refractivity contribution in [2.75, 3.05) is 14.2 Å². The number of carbonyl (C=O) groups is 1. The minimum Gasteiger partial charge on any atom is -0.497 e. The van der Waals surface area contributed by atoms with Gasteiger partial charge >= 0.3 is 5.97 Å². The van der Waals surface area contributed by atoms with Crippen LogP contribution in [0.2, 0.25) is 0 Å². The van der Waals surface area contributed by atoms with Crippen molar-refractivity contribution in [3.8, 4) is 5.75 Å². The molecule has 0 aromatic heterocycles. The van der Waals surface area contributed by atoms with Crippen molar-refractivity contribution in [3.05, 3.63) is 65.2 Å². The molecule has 5 nitrogen and oxygen atoms in total. The highest BCUT2D eigenvalue weighted by molar-refractivity contribution is 6.09. The van der Waals surface area contributed by atoms with Crippen LogP contribution in [0.3, 0.4) is 0 Å². The molecular formula is C18H17NO4. The summed E-state index contributed by atoms with van der Waals surface area (Å²) >= 11 is 0. The monoisotopic (exact) mass is 311 g/mol. The molecule has 118 valence electrons. The second kappa shape index (κ2) is 6.52. The minimum atomic E-state index is -0.379. The number of nitrogens with zero attached hydrogens (tertiary/aromatic N) is 1. The molecule has 3 rings (SSSR count). The van der Waals surface area contributed by atoms with E-state index in [0.717, 1.165) is 22.6 Å². The van der Waals surface area contributed by atoms with E-state index in [9.17, 15) is 4.79 Å². The lowest BCUT2D eigenvalue weighted by atomic mass is 9.97. The molecular weight excluding hydrogens is 294 g/mol. The lowest BCUT2D eigenvalue weighted by Gasteiger charge is -2.09. The van der Waals surface area contributed by atoms with E-state index in [2.05, 4.69) is 5.16 Å². The average Bonchev–Trinajstić information content (AvgIpc) is 3.11. The first-order valence-electron chi connectivity index (χ1n) is 7.27. The van der Waals surface area contributed by atoms with Gasteiger partial charge in [0.1, 0.15) is 5.75 Å². The number of oxime groups is 1. The second-order valence-electron chi connectivity index (χ2n) is 5.15. The minimum absolute atomic E-state index is 0.165. The number of ether oxygens (including phenoxy) is 2. The summed E-state index contributed by atoms with van der Waals surface area (Å²) in [5, 5.41) is 4.16. The van der Waals surface area contributed by atoms with Crippen molar-refractivity contribution in [1.82, 2.24) is 0 Å². The van der Waals surface area contributed by atoms with Crippen LogP contribution in [-0.4, -0.2) is 25.9 Å². The Morgan fingerprint density at radius 3 is 2.57 bits per heavy atom. The van der Waals surface area contributed by atoms with Gasteiger partial charge in [-0.15, -0.1) is 0 Å². The third kappa shape index (κ3) is 3.04. The van der Waals surface area contributed by atoms with Crippen molar-refractivity contribution >= 4 is 11.7 Å². The molecule has 0 radical (unpaired) electrons. The Morgan fingerprint density at radius 1 is 1.13 bits per heavy atom. The fourth-order valence-electron chi connectivity index (χ4n) is 2.56. The van der Waals surface area contributed by atoms with Crippen molar-refractivity contribution in [2.45, 2.75) is 12.5 Å². The summed E-state index contributed by atoms with van der Waals surface area (Å²) in [5.74, 6) is 0.417. The number of hydrogen-bond acceptors (Lipinski definition) is 5. The normalized spacial score (nSPS) is 16.4. The van der Waals surface area contributed by atoms with Crippen LogP contribution in [0.25, 0.3) is 0 Å². The molecule has 0 bridgehead atoms. The van der Waals surface area contributed by atoms with Crippen LogP contribution < -0.4 is 4.74 Å². The summed E-state index contributed by atoms with van der Waals surface area (Å²) in [5.41, 5.74) is 3.00. The summed E-state index contributed by atoms with van der Waals surface area (Å²) < 4.78 is 9.98. The first-order valence-corrected chi connectivity index (χ1v) is 7.27. The van der Waals surface area contributed by atoms with E-state index in [1.807, 2.05) is 36.4 Å². The van der Waals surface area contributed by atoms with Crippen molar-refractivity contribution in [3.63, 3.8) is 0 Å². The molecule has 0 saturated carbocycles. The maximum absolute atomic E-state index is 11.9. The van der Waals surface area contributed by atoms with Crippen molar-refractivity contribution in [2.24, 2.45) is 5.16 Å². The Morgan fingerprint density at radius 2 is 1.87 bits per heavy atom. The van der Waals surface area contributed by atoms with Crippen molar-refractivity contribution in [1.29, 1.82) is 0 Å². The number of hydrogen-bond donors (Lipinski definition) is 0. The number of rotatable bonds is 4. The SMILES string of the molecule is COC(=O)c1ccccc1C1=NOC(c2ccc(OC)cc2)C1. The van der Waals surface area contributed by atoms with Gasteiger partial charge in [0.05, 0.1) is 25.5 Å².